The molecule has 15 heavy (non-hydrogen) atoms. The third-order valence-corrected chi connectivity index (χ3v) is 3.07. The maximum absolute atomic E-state index is 5.51. The molecule has 80 valence electrons. The molecule has 1 N–H and O–H groups in total. The van der Waals surface area contributed by atoms with E-state index in [-0.39, 0.29) is 0 Å². The average Bonchev–Trinajstić information content (AvgIpc) is 2.83. The second-order valence-corrected chi connectivity index (χ2v) is 4.44. The molecule has 3 nitrogen and oxygen atoms in total. The van der Waals surface area contributed by atoms with E-state index in [4.69, 9.17) is 4.42 Å². The standard InChI is InChI=1S/C11H14N2OS/c1-3-12-6-9-7-13-11(15-9)10-5-4-8(2)14-10/h4-5,7,12H,3,6H2,1-2H3. The van der Waals surface area contributed by atoms with Gasteiger partial charge in [0.2, 0.25) is 0 Å². The summed E-state index contributed by atoms with van der Waals surface area (Å²) >= 11 is 1.67. The molecule has 0 amide bonds. The average molecular weight is 222 g/mol. The SMILES string of the molecule is CCNCc1cnc(-c2ccc(C)o2)s1. The smallest absolute Gasteiger partial charge is 0.162 e. The topological polar surface area (TPSA) is 38.1 Å². The molecule has 0 radical (unpaired) electrons. The van der Waals surface area contributed by atoms with Crippen LogP contribution < -0.4 is 5.32 Å². The van der Waals surface area contributed by atoms with Crippen LogP contribution in [0.1, 0.15) is 17.6 Å². The number of nitrogens with zero attached hydrogens (tertiary/aromatic N) is 1. The minimum atomic E-state index is 0.861. The van der Waals surface area contributed by atoms with Gasteiger partial charge in [0.25, 0.3) is 0 Å². The van der Waals surface area contributed by atoms with Crippen molar-refractivity contribution in [2.24, 2.45) is 0 Å². The Kier molecular flexibility index (Phi) is 3.18. The lowest BCUT2D eigenvalue weighted by atomic mass is 10.4. The number of thiazole rings is 1. The van der Waals surface area contributed by atoms with E-state index in [1.54, 1.807) is 11.3 Å². The number of furan rings is 1. The van der Waals surface area contributed by atoms with Crippen LogP contribution in [0, 0.1) is 6.92 Å². The Hall–Kier alpha value is -1.13. The van der Waals surface area contributed by atoms with E-state index in [1.807, 2.05) is 25.3 Å². The minimum Gasteiger partial charge on any atom is -0.459 e. The molecule has 0 unspecified atom stereocenters. The van der Waals surface area contributed by atoms with E-state index in [0.29, 0.717) is 0 Å². The van der Waals surface area contributed by atoms with E-state index in [0.717, 1.165) is 29.6 Å². The molecule has 2 aromatic heterocycles. The van der Waals surface area contributed by atoms with Crippen LogP contribution in [0.5, 0.6) is 0 Å². The first-order chi connectivity index (χ1) is 7.29. The van der Waals surface area contributed by atoms with E-state index < -0.39 is 0 Å². The van der Waals surface area contributed by atoms with Gasteiger partial charge in [0.15, 0.2) is 10.8 Å². The van der Waals surface area contributed by atoms with Crippen LogP contribution in [0.3, 0.4) is 0 Å². The molecule has 0 atom stereocenters. The second kappa shape index (κ2) is 4.59. The fourth-order valence-corrected chi connectivity index (χ4v) is 2.14. The van der Waals surface area contributed by atoms with Crippen molar-refractivity contribution in [3.8, 4) is 10.8 Å². The summed E-state index contributed by atoms with van der Waals surface area (Å²) in [6, 6.07) is 3.92. The maximum Gasteiger partial charge on any atom is 0.162 e. The highest BCUT2D eigenvalue weighted by atomic mass is 32.1. The molecule has 0 spiro atoms. The fourth-order valence-electron chi connectivity index (χ4n) is 1.30. The van der Waals surface area contributed by atoms with Gasteiger partial charge in [-0.15, -0.1) is 11.3 Å². The van der Waals surface area contributed by atoms with Crippen LogP contribution in [0.25, 0.3) is 10.8 Å². The van der Waals surface area contributed by atoms with Gasteiger partial charge in [-0.2, -0.15) is 0 Å². The summed E-state index contributed by atoms with van der Waals surface area (Å²) in [5, 5.41) is 4.23. The van der Waals surface area contributed by atoms with Crippen molar-refractivity contribution in [3.05, 3.63) is 29.0 Å². The van der Waals surface area contributed by atoms with E-state index in [2.05, 4.69) is 17.2 Å². The molecule has 2 heterocycles. The van der Waals surface area contributed by atoms with Gasteiger partial charge in [0, 0.05) is 17.6 Å². The first kappa shape index (κ1) is 10.4. The predicted octanol–water partition coefficient (Wildman–Crippen LogP) is 2.82. The number of rotatable bonds is 4. The number of hydrogen-bond acceptors (Lipinski definition) is 4. The Labute approximate surface area is 93.2 Å². The van der Waals surface area contributed by atoms with Crippen molar-refractivity contribution in [2.45, 2.75) is 20.4 Å². The maximum atomic E-state index is 5.51. The molecule has 0 aromatic carbocycles. The first-order valence-electron chi connectivity index (χ1n) is 5.02. The van der Waals surface area contributed by atoms with Gasteiger partial charge in [-0.25, -0.2) is 4.98 Å². The van der Waals surface area contributed by atoms with Crippen LogP contribution >= 0.6 is 11.3 Å². The van der Waals surface area contributed by atoms with Crippen LogP contribution in [-0.2, 0) is 6.54 Å². The fraction of sp³-hybridized carbons (Fsp3) is 0.364. The van der Waals surface area contributed by atoms with Gasteiger partial charge < -0.3 is 9.73 Å². The van der Waals surface area contributed by atoms with Crippen molar-refractivity contribution in [1.82, 2.24) is 10.3 Å². The van der Waals surface area contributed by atoms with Gasteiger partial charge in [-0.1, -0.05) is 6.92 Å². The van der Waals surface area contributed by atoms with Crippen molar-refractivity contribution >= 4 is 11.3 Å². The number of aromatic nitrogens is 1. The third kappa shape index (κ3) is 2.46. The molecular formula is C11H14N2OS. The zero-order valence-corrected chi connectivity index (χ0v) is 9.73. The van der Waals surface area contributed by atoms with Crippen LogP contribution in [0.2, 0.25) is 0 Å². The van der Waals surface area contributed by atoms with Crippen LogP contribution in [0.15, 0.2) is 22.7 Å². The minimum absolute atomic E-state index is 0.861. The quantitative estimate of drug-likeness (QED) is 0.864. The summed E-state index contributed by atoms with van der Waals surface area (Å²) < 4.78 is 5.51. The normalized spacial score (nSPS) is 10.8. The Balaban J connectivity index is 2.13. The van der Waals surface area contributed by atoms with Crippen molar-refractivity contribution in [3.63, 3.8) is 0 Å². The Morgan fingerprint density at radius 3 is 3.00 bits per heavy atom. The number of aryl methyl sites for hydroxylation is 1. The Morgan fingerprint density at radius 1 is 1.47 bits per heavy atom. The third-order valence-electron chi connectivity index (χ3n) is 2.05. The van der Waals surface area contributed by atoms with Gasteiger partial charge in [0.1, 0.15) is 5.76 Å². The molecule has 0 saturated heterocycles. The molecule has 0 aliphatic heterocycles. The van der Waals surface area contributed by atoms with Gasteiger partial charge in [-0.3, -0.25) is 0 Å². The van der Waals surface area contributed by atoms with E-state index in [9.17, 15) is 0 Å². The van der Waals surface area contributed by atoms with E-state index in [1.165, 1.54) is 4.88 Å². The van der Waals surface area contributed by atoms with Crippen molar-refractivity contribution < 1.29 is 4.42 Å². The Morgan fingerprint density at radius 2 is 2.33 bits per heavy atom. The van der Waals surface area contributed by atoms with Gasteiger partial charge in [-0.05, 0) is 25.6 Å². The number of hydrogen-bond donors (Lipinski definition) is 1. The summed E-state index contributed by atoms with van der Waals surface area (Å²) in [7, 11) is 0. The molecule has 4 heteroatoms. The van der Waals surface area contributed by atoms with Gasteiger partial charge in [0.05, 0.1) is 0 Å². The highest BCUT2D eigenvalue weighted by Gasteiger charge is 2.07. The van der Waals surface area contributed by atoms with Crippen LogP contribution in [0.4, 0.5) is 0 Å². The summed E-state index contributed by atoms with van der Waals surface area (Å²) in [4.78, 5) is 5.57. The lowest BCUT2D eigenvalue weighted by molar-refractivity contribution is 0.548. The Bertz CT molecular complexity index is 433. The monoisotopic (exact) mass is 222 g/mol. The molecule has 2 rings (SSSR count). The molecule has 0 fully saturated rings. The summed E-state index contributed by atoms with van der Waals surface area (Å²) in [5.74, 6) is 1.79. The highest BCUT2D eigenvalue weighted by Crippen LogP contribution is 2.26. The molecule has 2 aromatic rings. The molecular weight excluding hydrogens is 208 g/mol. The molecule has 0 saturated carbocycles. The highest BCUT2D eigenvalue weighted by molar-refractivity contribution is 7.14. The van der Waals surface area contributed by atoms with Crippen molar-refractivity contribution in [1.29, 1.82) is 0 Å². The lowest BCUT2D eigenvalue weighted by Gasteiger charge is -1.94. The second-order valence-electron chi connectivity index (χ2n) is 3.32. The largest absolute Gasteiger partial charge is 0.459 e. The molecule has 0 aliphatic carbocycles. The summed E-state index contributed by atoms with van der Waals surface area (Å²) in [6.07, 6.45) is 1.90. The summed E-state index contributed by atoms with van der Waals surface area (Å²) in [5.41, 5.74) is 0. The van der Waals surface area contributed by atoms with Crippen LogP contribution in [-0.4, -0.2) is 11.5 Å². The molecule has 0 bridgehead atoms. The zero-order chi connectivity index (χ0) is 10.7. The predicted molar refractivity (Wildman–Crippen MR) is 61.9 cm³/mol. The zero-order valence-electron chi connectivity index (χ0n) is 8.91. The van der Waals surface area contributed by atoms with Gasteiger partial charge >= 0.3 is 0 Å². The molecule has 0 aliphatic rings. The lowest BCUT2D eigenvalue weighted by Crippen LogP contribution is -2.10. The number of nitrogens with one attached hydrogen (secondary N) is 1. The summed E-state index contributed by atoms with van der Waals surface area (Å²) in [6.45, 7) is 5.90. The van der Waals surface area contributed by atoms with Crippen molar-refractivity contribution in [2.75, 3.05) is 6.54 Å². The van der Waals surface area contributed by atoms with E-state index >= 15 is 0 Å². The first-order valence-corrected chi connectivity index (χ1v) is 5.83.